The van der Waals surface area contributed by atoms with Gasteiger partial charge in [-0.15, -0.1) is 0 Å². The highest BCUT2D eigenvalue weighted by Gasteiger charge is 2.52. The molecule has 0 spiro atoms. The summed E-state index contributed by atoms with van der Waals surface area (Å²) in [6.45, 7) is 16.4. The van der Waals surface area contributed by atoms with Gasteiger partial charge in [-0.25, -0.2) is 0 Å². The molecule has 0 aliphatic carbocycles. The molecule has 7 aromatic carbocycles. The van der Waals surface area contributed by atoms with Crippen molar-refractivity contribution in [2.45, 2.75) is 59.3 Å². The Morgan fingerprint density at radius 1 is 0.431 bits per heavy atom. The number of rotatable bonds is 3. The van der Waals surface area contributed by atoms with Crippen LogP contribution in [0.5, 0.6) is 0 Å². The maximum absolute atomic E-state index is 2.70. The standard InChI is InChI=1S/C53H45BN4/c1-32-27-42-46-43(28-32)57(36-20-12-9-13-21-36)50-40-26-25-39-38-23-14-15-24-41(38)56(35-18-10-8-11-19-35)48(39)49(40)58-45-31-34(53(5,6)7)30-44(47(45)54(46)51(50)58)55(42)37-22-16-17-33(29-37)52(2,3)4/h8-31H,1-7H3. The zero-order chi connectivity index (χ0) is 39.4. The van der Waals surface area contributed by atoms with Crippen molar-refractivity contribution in [1.29, 1.82) is 0 Å². The fraction of sp³-hybridized carbons (Fsp3) is 0.170. The zero-order valence-electron chi connectivity index (χ0n) is 34.2. The van der Waals surface area contributed by atoms with Gasteiger partial charge in [-0.3, -0.25) is 0 Å². The highest BCUT2D eigenvalue weighted by atomic mass is 15.2. The third-order valence-corrected chi connectivity index (χ3v) is 13.1. The zero-order valence-corrected chi connectivity index (χ0v) is 34.2. The monoisotopic (exact) mass is 748 g/mol. The van der Waals surface area contributed by atoms with E-state index in [1.165, 1.54) is 111 Å². The highest BCUT2D eigenvalue weighted by Crippen LogP contribution is 2.52. The summed E-state index contributed by atoms with van der Waals surface area (Å²) >= 11 is 0. The smallest absolute Gasteiger partial charge is 0.275 e. The fourth-order valence-electron chi connectivity index (χ4n) is 10.5. The van der Waals surface area contributed by atoms with Gasteiger partial charge in [0.15, 0.2) is 0 Å². The first kappa shape index (κ1) is 33.7. The summed E-state index contributed by atoms with van der Waals surface area (Å²) in [6, 6.07) is 54.9. The summed E-state index contributed by atoms with van der Waals surface area (Å²) in [4.78, 5) is 5.19. The quantitative estimate of drug-likeness (QED) is 0.167. The van der Waals surface area contributed by atoms with E-state index in [0.717, 1.165) is 0 Å². The maximum Gasteiger partial charge on any atom is 0.275 e. The molecule has 0 amide bonds. The molecule has 0 saturated carbocycles. The number of fused-ring (bicyclic) bond motifs is 8. The van der Waals surface area contributed by atoms with Crippen LogP contribution in [0.1, 0.15) is 58.2 Å². The van der Waals surface area contributed by atoms with Crippen LogP contribution in [0.3, 0.4) is 0 Å². The first-order chi connectivity index (χ1) is 28.0. The number of anilines is 6. The Balaban J connectivity index is 1.32. The van der Waals surface area contributed by atoms with E-state index in [-0.39, 0.29) is 17.5 Å². The number of nitrogens with zero attached hydrogens (tertiary/aromatic N) is 4. The van der Waals surface area contributed by atoms with E-state index < -0.39 is 0 Å². The van der Waals surface area contributed by atoms with Crippen LogP contribution in [-0.4, -0.2) is 15.8 Å². The molecule has 58 heavy (non-hydrogen) atoms. The van der Waals surface area contributed by atoms with Crippen LogP contribution in [0.4, 0.5) is 34.1 Å². The van der Waals surface area contributed by atoms with Crippen molar-refractivity contribution < 1.29 is 0 Å². The van der Waals surface area contributed by atoms with E-state index in [2.05, 4.69) is 213 Å². The number of benzene rings is 7. The van der Waals surface area contributed by atoms with Crippen LogP contribution < -0.4 is 26.3 Å². The summed E-state index contributed by atoms with van der Waals surface area (Å²) in [6.07, 6.45) is 0. The number of aromatic nitrogens is 2. The third-order valence-electron chi connectivity index (χ3n) is 13.1. The molecule has 0 N–H and O–H groups in total. The van der Waals surface area contributed by atoms with Crippen molar-refractivity contribution in [1.82, 2.24) is 9.13 Å². The average Bonchev–Trinajstić information content (AvgIpc) is 3.86. The summed E-state index contributed by atoms with van der Waals surface area (Å²) in [5.41, 5.74) is 21.6. The lowest BCUT2D eigenvalue weighted by Gasteiger charge is -2.42. The van der Waals surface area contributed by atoms with E-state index >= 15 is 0 Å². The molecule has 0 unspecified atom stereocenters. The van der Waals surface area contributed by atoms with Crippen LogP contribution >= 0.6 is 0 Å². The van der Waals surface area contributed by atoms with Gasteiger partial charge in [0, 0.05) is 61.6 Å². The Morgan fingerprint density at radius 3 is 1.72 bits per heavy atom. The van der Waals surface area contributed by atoms with E-state index in [9.17, 15) is 0 Å². The average molecular weight is 749 g/mol. The molecule has 3 aliphatic rings. The van der Waals surface area contributed by atoms with Crippen molar-refractivity contribution in [2.24, 2.45) is 0 Å². The topological polar surface area (TPSA) is 16.3 Å². The first-order valence-corrected chi connectivity index (χ1v) is 20.7. The first-order valence-electron chi connectivity index (χ1n) is 20.7. The predicted octanol–water partition coefficient (Wildman–Crippen LogP) is 12.0. The summed E-state index contributed by atoms with van der Waals surface area (Å²) < 4.78 is 5.21. The second kappa shape index (κ2) is 11.4. The number of hydrogen-bond donors (Lipinski definition) is 0. The molecule has 12 rings (SSSR count). The summed E-state index contributed by atoms with van der Waals surface area (Å²) in [7, 11) is 0. The third kappa shape index (κ3) is 4.37. The fourth-order valence-corrected chi connectivity index (χ4v) is 10.5. The molecule has 280 valence electrons. The van der Waals surface area contributed by atoms with E-state index in [4.69, 9.17) is 0 Å². The van der Waals surface area contributed by atoms with Gasteiger partial charge in [0.2, 0.25) is 0 Å². The van der Waals surface area contributed by atoms with E-state index in [1.54, 1.807) is 0 Å². The molecule has 5 heteroatoms. The molecule has 0 atom stereocenters. The van der Waals surface area contributed by atoms with E-state index in [1.807, 2.05) is 0 Å². The van der Waals surface area contributed by atoms with Gasteiger partial charge >= 0.3 is 0 Å². The molecule has 3 aliphatic heterocycles. The van der Waals surface area contributed by atoms with Gasteiger partial charge in [-0.05, 0) is 118 Å². The van der Waals surface area contributed by atoms with Gasteiger partial charge in [-0.1, -0.05) is 114 Å². The lowest BCUT2D eigenvalue weighted by molar-refractivity contribution is 0.590. The van der Waals surface area contributed by atoms with Crippen LogP contribution in [0.15, 0.2) is 146 Å². The van der Waals surface area contributed by atoms with Crippen molar-refractivity contribution in [3.05, 3.63) is 162 Å². The summed E-state index contributed by atoms with van der Waals surface area (Å²) in [5, 5.41) is 3.81. The van der Waals surface area contributed by atoms with Crippen LogP contribution in [0.2, 0.25) is 0 Å². The normalized spacial score (nSPS) is 14.0. The molecule has 0 fully saturated rings. The van der Waals surface area contributed by atoms with Crippen molar-refractivity contribution in [2.75, 3.05) is 9.80 Å². The van der Waals surface area contributed by atoms with Crippen molar-refractivity contribution in [3.8, 4) is 11.4 Å². The largest absolute Gasteiger partial charge is 0.318 e. The molecule has 0 radical (unpaired) electrons. The number of para-hydroxylation sites is 3. The van der Waals surface area contributed by atoms with E-state index in [0.29, 0.717) is 0 Å². The predicted molar refractivity (Wildman–Crippen MR) is 247 cm³/mol. The van der Waals surface area contributed by atoms with Gasteiger partial charge in [-0.2, -0.15) is 0 Å². The Hall–Kier alpha value is -6.46. The van der Waals surface area contributed by atoms with Crippen molar-refractivity contribution >= 4 is 90.1 Å². The minimum atomic E-state index is -0.0863. The Bertz CT molecular complexity index is 3210. The minimum Gasteiger partial charge on any atom is -0.318 e. The Morgan fingerprint density at radius 2 is 1.00 bits per heavy atom. The lowest BCUT2D eigenvalue weighted by atomic mass is 9.36. The molecule has 0 saturated heterocycles. The second-order valence-corrected chi connectivity index (χ2v) is 18.7. The number of hydrogen-bond acceptors (Lipinski definition) is 2. The molecule has 2 aromatic heterocycles. The second-order valence-electron chi connectivity index (χ2n) is 18.7. The SMILES string of the molecule is Cc1cc2c3c(c1)N(c1ccccc1)c1c4n(c5c1ccc1c6ccccc6n(-c6ccccc6)c15)-c1cc(C(C)(C)C)cc(c1B34)N2c1cccc(C(C)(C)C)c1. The Labute approximate surface area is 340 Å². The van der Waals surface area contributed by atoms with Gasteiger partial charge in [0.05, 0.1) is 22.2 Å². The lowest BCUT2D eigenvalue weighted by Crippen LogP contribution is -2.59. The van der Waals surface area contributed by atoms with Gasteiger partial charge in [0.25, 0.3) is 6.71 Å². The Kier molecular flexibility index (Phi) is 6.59. The molecular formula is C53H45BN4. The summed E-state index contributed by atoms with van der Waals surface area (Å²) in [5.74, 6) is 0. The maximum atomic E-state index is 2.70. The molecule has 9 aromatic rings. The van der Waals surface area contributed by atoms with Gasteiger partial charge < -0.3 is 18.9 Å². The molecule has 0 bridgehead atoms. The van der Waals surface area contributed by atoms with Crippen LogP contribution in [-0.2, 0) is 10.8 Å². The van der Waals surface area contributed by atoms with Crippen LogP contribution in [0.25, 0.3) is 44.1 Å². The number of aryl methyl sites for hydroxylation is 1. The van der Waals surface area contributed by atoms with Crippen LogP contribution in [0, 0.1) is 6.92 Å². The highest BCUT2D eigenvalue weighted by molar-refractivity contribution is 7.02. The minimum absolute atomic E-state index is 0.00835. The molecule has 5 heterocycles. The molecule has 4 nitrogen and oxygen atoms in total. The molecular weight excluding hydrogens is 703 g/mol. The van der Waals surface area contributed by atoms with Crippen molar-refractivity contribution in [3.63, 3.8) is 0 Å². The van der Waals surface area contributed by atoms with Gasteiger partial charge in [0.1, 0.15) is 0 Å².